The van der Waals surface area contributed by atoms with Crippen LogP contribution < -0.4 is 4.90 Å². The van der Waals surface area contributed by atoms with Crippen LogP contribution >= 0.6 is 0 Å². The number of nitro benzene ring substituents is 1. The molecule has 0 saturated heterocycles. The maximum absolute atomic E-state index is 10.9. The second-order valence-electron chi connectivity index (χ2n) is 4.99. The van der Waals surface area contributed by atoms with Gasteiger partial charge >= 0.3 is 0 Å². The minimum atomic E-state index is -0.364. The smallest absolute Gasteiger partial charge is 0.270 e. The maximum Gasteiger partial charge on any atom is 0.270 e. The molecule has 3 rings (SSSR count). The molecule has 0 saturated carbocycles. The molecule has 0 bridgehead atoms. The first-order valence-corrected chi connectivity index (χ1v) is 6.66. The molecule has 0 aliphatic carbocycles. The van der Waals surface area contributed by atoms with Gasteiger partial charge in [-0.25, -0.2) is 0 Å². The number of nitrogens with one attached hydrogen (secondary N) is 1. The molecule has 3 aromatic rings. The lowest BCUT2D eigenvalue weighted by Crippen LogP contribution is -2.15. The van der Waals surface area contributed by atoms with Crippen molar-refractivity contribution in [3.05, 3.63) is 70.4 Å². The van der Waals surface area contributed by atoms with Crippen LogP contribution in [0.5, 0.6) is 0 Å². The lowest BCUT2D eigenvalue weighted by Gasteiger charge is -2.18. The van der Waals surface area contributed by atoms with E-state index in [4.69, 9.17) is 0 Å². The summed E-state index contributed by atoms with van der Waals surface area (Å²) >= 11 is 0. The number of H-pyrrole nitrogens is 1. The summed E-state index contributed by atoms with van der Waals surface area (Å²) < 4.78 is 0. The Morgan fingerprint density at radius 2 is 1.95 bits per heavy atom. The number of rotatable bonds is 4. The number of nitro groups is 1. The van der Waals surface area contributed by atoms with Gasteiger partial charge in [-0.1, -0.05) is 18.2 Å². The van der Waals surface area contributed by atoms with E-state index in [2.05, 4.69) is 9.88 Å². The molecular formula is C16H15N3O2. The zero-order valence-corrected chi connectivity index (χ0v) is 11.6. The zero-order valence-electron chi connectivity index (χ0n) is 11.6. The van der Waals surface area contributed by atoms with Crippen LogP contribution in [0.2, 0.25) is 0 Å². The largest absolute Gasteiger partial charge is 0.370 e. The molecule has 0 aliphatic heterocycles. The van der Waals surface area contributed by atoms with Crippen LogP contribution in [-0.2, 0) is 6.54 Å². The molecule has 0 spiro atoms. The van der Waals surface area contributed by atoms with Crippen molar-refractivity contribution in [3.8, 4) is 0 Å². The van der Waals surface area contributed by atoms with Crippen molar-refractivity contribution in [3.63, 3.8) is 0 Å². The van der Waals surface area contributed by atoms with Gasteiger partial charge in [-0.05, 0) is 23.8 Å². The lowest BCUT2D eigenvalue weighted by atomic mass is 10.1. The Hall–Kier alpha value is -2.82. The number of benzene rings is 2. The van der Waals surface area contributed by atoms with E-state index in [9.17, 15) is 10.1 Å². The number of para-hydroxylation sites is 1. The van der Waals surface area contributed by atoms with Gasteiger partial charge in [0.15, 0.2) is 0 Å². The standard InChI is InChI=1S/C16H15N3O2/c1-18(13-5-3-2-4-6-13)11-12-10-17-16-8-7-14(19(20)21)9-15(12)16/h2-10,17H,11H2,1H3. The van der Waals surface area contributed by atoms with Crippen LogP contribution in [0.3, 0.4) is 0 Å². The predicted molar refractivity (Wildman–Crippen MR) is 83.5 cm³/mol. The Kier molecular flexibility index (Phi) is 3.31. The summed E-state index contributed by atoms with van der Waals surface area (Å²) in [4.78, 5) is 15.8. The van der Waals surface area contributed by atoms with Crippen LogP contribution in [0, 0.1) is 10.1 Å². The maximum atomic E-state index is 10.9. The molecule has 1 N–H and O–H groups in total. The third kappa shape index (κ3) is 2.58. The number of aromatic amines is 1. The SMILES string of the molecule is CN(Cc1c[nH]c2ccc([N+](=O)[O-])cc12)c1ccccc1. The predicted octanol–water partition coefficient (Wildman–Crippen LogP) is 3.71. The molecule has 5 nitrogen and oxygen atoms in total. The van der Waals surface area contributed by atoms with Crippen molar-refractivity contribution in [2.75, 3.05) is 11.9 Å². The van der Waals surface area contributed by atoms with E-state index < -0.39 is 0 Å². The van der Waals surface area contributed by atoms with Crippen molar-refractivity contribution in [1.29, 1.82) is 0 Å². The summed E-state index contributed by atoms with van der Waals surface area (Å²) in [5.74, 6) is 0. The molecule has 1 heterocycles. The van der Waals surface area contributed by atoms with E-state index in [0.29, 0.717) is 6.54 Å². The van der Waals surface area contributed by atoms with E-state index in [-0.39, 0.29) is 10.6 Å². The molecule has 0 radical (unpaired) electrons. The van der Waals surface area contributed by atoms with E-state index >= 15 is 0 Å². The van der Waals surface area contributed by atoms with Gasteiger partial charge in [0.05, 0.1) is 4.92 Å². The Labute approximate surface area is 122 Å². The van der Waals surface area contributed by atoms with Gasteiger partial charge < -0.3 is 9.88 Å². The summed E-state index contributed by atoms with van der Waals surface area (Å²) in [6, 6.07) is 14.9. The van der Waals surface area contributed by atoms with Crippen LogP contribution in [0.1, 0.15) is 5.56 Å². The molecule has 0 amide bonds. The summed E-state index contributed by atoms with van der Waals surface area (Å²) in [7, 11) is 2.01. The molecule has 0 unspecified atom stereocenters. The number of aromatic nitrogens is 1. The van der Waals surface area contributed by atoms with Crippen LogP contribution in [0.4, 0.5) is 11.4 Å². The third-order valence-corrected chi connectivity index (χ3v) is 3.57. The fraction of sp³-hybridized carbons (Fsp3) is 0.125. The van der Waals surface area contributed by atoms with Crippen molar-refractivity contribution in [2.45, 2.75) is 6.54 Å². The molecule has 21 heavy (non-hydrogen) atoms. The van der Waals surface area contributed by atoms with E-state index in [0.717, 1.165) is 22.2 Å². The molecule has 5 heteroatoms. The van der Waals surface area contributed by atoms with Gasteiger partial charge in [0.1, 0.15) is 0 Å². The van der Waals surface area contributed by atoms with Crippen LogP contribution in [-0.4, -0.2) is 17.0 Å². The van der Waals surface area contributed by atoms with Gasteiger partial charge in [-0.2, -0.15) is 0 Å². The first-order chi connectivity index (χ1) is 10.1. The first-order valence-electron chi connectivity index (χ1n) is 6.66. The highest BCUT2D eigenvalue weighted by atomic mass is 16.6. The zero-order chi connectivity index (χ0) is 14.8. The quantitative estimate of drug-likeness (QED) is 0.585. The third-order valence-electron chi connectivity index (χ3n) is 3.57. The number of hydrogen-bond acceptors (Lipinski definition) is 3. The van der Waals surface area contributed by atoms with Crippen LogP contribution in [0.25, 0.3) is 10.9 Å². The van der Waals surface area contributed by atoms with E-state index in [1.54, 1.807) is 12.1 Å². The minimum absolute atomic E-state index is 0.116. The van der Waals surface area contributed by atoms with Gasteiger partial charge in [-0.15, -0.1) is 0 Å². The first kappa shape index (κ1) is 13.2. The van der Waals surface area contributed by atoms with E-state index in [1.165, 1.54) is 6.07 Å². The minimum Gasteiger partial charge on any atom is -0.370 e. The van der Waals surface area contributed by atoms with Crippen molar-refractivity contribution >= 4 is 22.3 Å². The monoisotopic (exact) mass is 281 g/mol. The summed E-state index contributed by atoms with van der Waals surface area (Å²) in [6.07, 6.45) is 1.91. The Morgan fingerprint density at radius 3 is 2.67 bits per heavy atom. The second kappa shape index (κ2) is 5.28. The Balaban J connectivity index is 1.93. The summed E-state index contributed by atoms with van der Waals surface area (Å²) in [5, 5.41) is 11.8. The number of fused-ring (bicyclic) bond motifs is 1. The second-order valence-corrected chi connectivity index (χ2v) is 4.99. The number of hydrogen-bond donors (Lipinski definition) is 1. The molecule has 1 aromatic heterocycles. The molecule has 0 atom stereocenters. The number of nitrogens with zero attached hydrogens (tertiary/aromatic N) is 2. The molecular weight excluding hydrogens is 266 g/mol. The molecule has 0 aliphatic rings. The van der Waals surface area contributed by atoms with Gasteiger partial charge in [0.2, 0.25) is 0 Å². The molecule has 0 fully saturated rings. The average molecular weight is 281 g/mol. The molecule has 106 valence electrons. The van der Waals surface area contributed by atoms with Crippen LogP contribution in [0.15, 0.2) is 54.7 Å². The fourth-order valence-electron chi connectivity index (χ4n) is 2.44. The highest BCUT2D eigenvalue weighted by molar-refractivity contribution is 5.85. The molecule has 2 aromatic carbocycles. The topological polar surface area (TPSA) is 62.2 Å². The van der Waals surface area contributed by atoms with Gasteiger partial charge in [0, 0.05) is 48.5 Å². The summed E-state index contributed by atoms with van der Waals surface area (Å²) in [6.45, 7) is 0.686. The Morgan fingerprint density at radius 1 is 1.19 bits per heavy atom. The average Bonchev–Trinajstić information content (AvgIpc) is 2.90. The highest BCUT2D eigenvalue weighted by Gasteiger charge is 2.12. The lowest BCUT2D eigenvalue weighted by molar-refractivity contribution is -0.384. The van der Waals surface area contributed by atoms with Crippen molar-refractivity contribution < 1.29 is 4.92 Å². The van der Waals surface area contributed by atoms with Gasteiger partial charge in [0.25, 0.3) is 5.69 Å². The fourth-order valence-corrected chi connectivity index (χ4v) is 2.44. The van der Waals surface area contributed by atoms with Crippen molar-refractivity contribution in [2.24, 2.45) is 0 Å². The summed E-state index contributed by atoms with van der Waals surface area (Å²) in [5.41, 5.74) is 3.18. The van der Waals surface area contributed by atoms with E-state index in [1.807, 2.05) is 43.6 Å². The Bertz CT molecular complexity index is 781. The highest BCUT2D eigenvalue weighted by Crippen LogP contribution is 2.25. The number of non-ortho nitro benzene ring substituents is 1. The van der Waals surface area contributed by atoms with Gasteiger partial charge in [-0.3, -0.25) is 10.1 Å². The van der Waals surface area contributed by atoms with Crippen molar-refractivity contribution in [1.82, 2.24) is 4.98 Å². The number of anilines is 1. The normalized spacial score (nSPS) is 10.7.